The monoisotopic (exact) mass is 824 g/mol. The molecule has 6 aromatic rings. The summed E-state index contributed by atoms with van der Waals surface area (Å²) in [5.41, 5.74) is 18.0. The summed E-state index contributed by atoms with van der Waals surface area (Å²) in [4.78, 5) is 10.5. The van der Waals surface area contributed by atoms with E-state index < -0.39 is 0 Å². The number of benzene rings is 3. The number of hydrogen-bond donors (Lipinski definition) is 0. The van der Waals surface area contributed by atoms with E-state index in [1.165, 1.54) is 44.5 Å². The predicted molar refractivity (Wildman–Crippen MR) is 272 cm³/mol. The minimum Gasteiger partial charge on any atom is -0.310 e. The van der Waals surface area contributed by atoms with Crippen LogP contribution in [0.5, 0.6) is 0 Å². The van der Waals surface area contributed by atoms with Crippen molar-refractivity contribution in [3.8, 4) is 22.5 Å². The van der Waals surface area contributed by atoms with Gasteiger partial charge in [-0.1, -0.05) is 168 Å². The van der Waals surface area contributed by atoms with Gasteiger partial charge >= 0.3 is 0 Å². The maximum Gasteiger partial charge on any atom is 0.165 e. The zero-order valence-electron chi connectivity index (χ0n) is 37.9. The van der Waals surface area contributed by atoms with Crippen LogP contribution in [0.2, 0.25) is 0 Å². The fourth-order valence-electron chi connectivity index (χ4n) is 8.52. The normalized spacial score (nSPS) is 14.6. The molecule has 0 atom stereocenters. The van der Waals surface area contributed by atoms with Gasteiger partial charge in [-0.25, -0.2) is 9.97 Å². The first-order valence-corrected chi connectivity index (χ1v) is 22.6. The first-order valence-electron chi connectivity index (χ1n) is 22.6. The first kappa shape index (κ1) is 44.0. The topological polar surface area (TPSA) is 35.6 Å². The summed E-state index contributed by atoms with van der Waals surface area (Å²) in [6.45, 7) is 20.8. The molecule has 3 aromatic heterocycles. The third kappa shape index (κ3) is 9.27. The van der Waals surface area contributed by atoms with Gasteiger partial charge in [-0.2, -0.15) is 0 Å². The first-order chi connectivity index (χ1) is 30.9. The van der Waals surface area contributed by atoms with Crippen LogP contribution in [0, 0.1) is 0 Å². The summed E-state index contributed by atoms with van der Waals surface area (Å²) < 4.78 is 4.64. The van der Waals surface area contributed by atoms with Crippen LogP contribution in [-0.2, 0) is 6.42 Å². The molecule has 63 heavy (non-hydrogen) atoms. The molecule has 2 aliphatic rings. The third-order valence-corrected chi connectivity index (χ3v) is 11.6. The van der Waals surface area contributed by atoms with Gasteiger partial charge in [0.2, 0.25) is 0 Å². The summed E-state index contributed by atoms with van der Waals surface area (Å²) in [7, 11) is 0. The van der Waals surface area contributed by atoms with Crippen LogP contribution in [0.1, 0.15) is 84.3 Å². The summed E-state index contributed by atoms with van der Waals surface area (Å²) in [6, 6.07) is 30.3. The SMILES string of the molecule is C=C\C=C/C(C(=C)C)=C(/C=C\CC)C1=CCC=C(/C(C)=C/C=C(\CC)c2nc3c(-c4cccc(-n5c6c(c7ccccc75)CCC=C6)c4)ccnc3n2-c2ccccc2)C=C1.CC. The van der Waals surface area contributed by atoms with Crippen LogP contribution < -0.4 is 0 Å². The van der Waals surface area contributed by atoms with E-state index in [1.807, 2.05) is 32.2 Å². The van der Waals surface area contributed by atoms with Crippen LogP contribution in [0.3, 0.4) is 0 Å². The smallest absolute Gasteiger partial charge is 0.165 e. The van der Waals surface area contributed by atoms with E-state index in [1.54, 1.807) is 0 Å². The van der Waals surface area contributed by atoms with Gasteiger partial charge in [0.05, 0.1) is 5.52 Å². The van der Waals surface area contributed by atoms with Crippen LogP contribution in [0.15, 0.2) is 211 Å². The van der Waals surface area contributed by atoms with Crippen molar-refractivity contribution in [3.05, 3.63) is 228 Å². The Kier molecular flexibility index (Phi) is 14.5. The Labute approximate surface area is 375 Å². The van der Waals surface area contributed by atoms with E-state index in [-0.39, 0.29) is 0 Å². The van der Waals surface area contributed by atoms with Crippen LogP contribution in [0.4, 0.5) is 0 Å². The summed E-state index contributed by atoms with van der Waals surface area (Å²) in [6.07, 6.45) is 35.1. The Morgan fingerprint density at radius 1 is 0.810 bits per heavy atom. The Balaban J connectivity index is 0.00000293. The molecular formula is C59H60N4. The lowest BCUT2D eigenvalue weighted by Gasteiger charge is -2.13. The van der Waals surface area contributed by atoms with Crippen molar-refractivity contribution >= 4 is 33.7 Å². The largest absolute Gasteiger partial charge is 0.310 e. The van der Waals surface area contributed by atoms with Crippen molar-refractivity contribution in [3.63, 3.8) is 0 Å². The predicted octanol–water partition coefficient (Wildman–Crippen LogP) is 16.2. The van der Waals surface area contributed by atoms with Gasteiger partial charge < -0.3 is 4.57 Å². The number of rotatable bonds is 13. The average molecular weight is 825 g/mol. The quantitative estimate of drug-likeness (QED) is 0.109. The van der Waals surface area contributed by atoms with Crippen molar-refractivity contribution < 1.29 is 0 Å². The van der Waals surface area contributed by atoms with E-state index in [0.29, 0.717) is 0 Å². The molecule has 2 aliphatic carbocycles. The van der Waals surface area contributed by atoms with Crippen molar-refractivity contribution in [1.29, 1.82) is 0 Å². The molecule has 0 N–H and O–H groups in total. The summed E-state index contributed by atoms with van der Waals surface area (Å²) >= 11 is 0. The molecule has 0 fully saturated rings. The number of para-hydroxylation sites is 2. The minimum absolute atomic E-state index is 0.796. The molecule has 0 radical (unpaired) electrons. The molecule has 0 amide bonds. The second-order valence-electron chi connectivity index (χ2n) is 15.6. The average Bonchev–Trinajstić information content (AvgIpc) is 3.77. The van der Waals surface area contributed by atoms with Crippen LogP contribution in [-0.4, -0.2) is 19.1 Å². The zero-order chi connectivity index (χ0) is 44.3. The van der Waals surface area contributed by atoms with Crippen molar-refractivity contribution in [1.82, 2.24) is 19.1 Å². The maximum atomic E-state index is 5.48. The highest BCUT2D eigenvalue weighted by molar-refractivity contribution is 5.94. The van der Waals surface area contributed by atoms with Crippen molar-refractivity contribution in [2.45, 2.75) is 73.6 Å². The molecular weight excluding hydrogens is 765 g/mol. The van der Waals surface area contributed by atoms with Gasteiger partial charge in [0, 0.05) is 34.2 Å². The molecule has 0 aliphatic heterocycles. The number of aromatic nitrogens is 4. The van der Waals surface area contributed by atoms with Crippen LogP contribution in [0.25, 0.3) is 56.2 Å². The Bertz CT molecular complexity index is 2940. The molecule has 0 saturated carbocycles. The number of fused-ring (bicyclic) bond motifs is 4. The Hall–Kier alpha value is -7.04. The minimum atomic E-state index is 0.796. The molecule has 0 saturated heterocycles. The van der Waals surface area contributed by atoms with E-state index >= 15 is 0 Å². The van der Waals surface area contributed by atoms with E-state index in [0.717, 1.165) is 88.3 Å². The second-order valence-corrected chi connectivity index (χ2v) is 15.6. The highest BCUT2D eigenvalue weighted by atomic mass is 15.1. The third-order valence-electron chi connectivity index (χ3n) is 11.6. The van der Waals surface area contributed by atoms with Crippen LogP contribution >= 0.6 is 0 Å². The molecule has 316 valence electrons. The van der Waals surface area contributed by atoms with Gasteiger partial charge in [0.25, 0.3) is 0 Å². The molecule has 0 bridgehead atoms. The highest BCUT2D eigenvalue weighted by Crippen LogP contribution is 2.37. The number of pyridine rings is 1. The Morgan fingerprint density at radius 2 is 1.57 bits per heavy atom. The molecule has 0 spiro atoms. The molecule has 4 nitrogen and oxygen atoms in total. The number of hydrogen-bond acceptors (Lipinski definition) is 2. The lowest BCUT2D eigenvalue weighted by atomic mass is 9.93. The molecule has 3 heterocycles. The summed E-state index contributed by atoms with van der Waals surface area (Å²) in [5.74, 6) is 0.895. The number of aryl methyl sites for hydroxylation is 1. The highest BCUT2D eigenvalue weighted by Gasteiger charge is 2.22. The zero-order valence-corrected chi connectivity index (χ0v) is 37.9. The summed E-state index contributed by atoms with van der Waals surface area (Å²) in [5, 5.41) is 1.33. The van der Waals surface area contributed by atoms with Crippen molar-refractivity contribution in [2.24, 2.45) is 0 Å². The second kappa shape index (κ2) is 20.7. The maximum absolute atomic E-state index is 5.48. The lowest BCUT2D eigenvalue weighted by molar-refractivity contribution is 0.968. The van der Waals surface area contributed by atoms with Crippen molar-refractivity contribution in [2.75, 3.05) is 0 Å². The van der Waals surface area contributed by atoms with Gasteiger partial charge in [-0.05, 0) is 133 Å². The van der Waals surface area contributed by atoms with Gasteiger partial charge in [-0.15, -0.1) is 0 Å². The van der Waals surface area contributed by atoms with Gasteiger partial charge in [-0.3, -0.25) is 4.57 Å². The van der Waals surface area contributed by atoms with Gasteiger partial charge in [0.1, 0.15) is 11.3 Å². The van der Waals surface area contributed by atoms with E-state index in [4.69, 9.17) is 9.97 Å². The molecule has 4 heteroatoms. The standard InChI is InChI=1S/C57H54N4.C2H6/c1-7-10-27-48(40(4)5)49(28-11-8-2)44-22-19-21-43(35-36-44)41(6)33-34-42(9-3)56-59-55-50(37-38-58-57(55)61(56)46-24-13-12-14-25-46)45-23-20-26-47(39-45)60-53-31-17-15-29-51(53)52-30-16-18-32-54(52)60;1-2/h7,10-15,17-18,20-29,31-39H,1,4,8-9,16,19,30H2,2-3,5-6H3;1-2H3/b27-10-,28-11-,41-33+,42-34+,49-48+;. The molecule has 3 aromatic carbocycles. The fraction of sp³-hybridized carbons (Fsp3) is 0.186. The Morgan fingerprint density at radius 3 is 2.35 bits per heavy atom. The lowest BCUT2D eigenvalue weighted by Crippen LogP contribution is -2.01. The molecule has 0 unspecified atom stereocenters. The van der Waals surface area contributed by atoms with E-state index in [9.17, 15) is 0 Å². The fourth-order valence-corrected chi connectivity index (χ4v) is 8.52. The van der Waals surface area contributed by atoms with E-state index in [2.05, 4.69) is 202 Å². The number of allylic oxidation sites excluding steroid dienone is 19. The number of nitrogens with zero attached hydrogens (tertiary/aromatic N) is 4. The number of imidazole rings is 1. The molecule has 8 rings (SSSR count). The van der Waals surface area contributed by atoms with Gasteiger partial charge in [0.15, 0.2) is 5.65 Å².